The quantitative estimate of drug-likeness (QED) is 0.260. The molecule has 1 aliphatic carbocycles. The molecule has 42 heavy (non-hydrogen) atoms. The molecule has 232 valence electrons. The Morgan fingerprint density at radius 2 is 1.98 bits per heavy atom. The molecule has 2 fully saturated rings. The van der Waals surface area contributed by atoms with E-state index in [2.05, 4.69) is 61.8 Å². The van der Waals surface area contributed by atoms with Crippen molar-refractivity contribution < 1.29 is 19.4 Å². The van der Waals surface area contributed by atoms with E-state index in [1.54, 1.807) is 7.11 Å². The SMILES string of the molecule is COCCCn1cc(C#N)c2ccc(C[C@@H](C[C@H](N)[C@@H](O)C[C@H](C(=O)N[C@@H]3CC34CCOCC4)C(C)C)C(C)C)cc21. The fourth-order valence-corrected chi connectivity index (χ4v) is 6.80. The van der Waals surface area contributed by atoms with E-state index in [-0.39, 0.29) is 35.1 Å². The van der Waals surface area contributed by atoms with Gasteiger partial charge in [0.25, 0.3) is 0 Å². The standard InChI is InChI=1S/C34H52N4O4/c1-22(2)25(15-24-7-8-27-26(20-35)21-38(30(27)16-24)11-6-12-41-5)17-29(36)31(39)18-28(23(3)4)33(40)37-32-19-34(32)9-13-42-14-10-34/h7-8,16,21-23,25,28-29,31-32,39H,6,9-15,17-19,36H2,1-5H3,(H,37,40)/t25-,28-,29-,31-,32+/m0/s1. The molecule has 1 aromatic carbocycles. The first-order chi connectivity index (χ1) is 20.1. The smallest absolute Gasteiger partial charge is 0.223 e. The van der Waals surface area contributed by atoms with Gasteiger partial charge < -0.3 is 30.2 Å². The molecule has 4 N–H and O–H groups in total. The molecule has 0 radical (unpaired) electrons. The molecule has 8 heteroatoms. The molecule has 1 spiro atoms. The molecule has 1 aliphatic heterocycles. The molecule has 1 saturated carbocycles. The summed E-state index contributed by atoms with van der Waals surface area (Å²) in [7, 11) is 1.70. The average molecular weight is 581 g/mol. The number of benzene rings is 1. The van der Waals surface area contributed by atoms with Gasteiger partial charge in [0.15, 0.2) is 0 Å². The number of methoxy groups -OCH3 is 1. The van der Waals surface area contributed by atoms with Crippen molar-refractivity contribution in [3.63, 3.8) is 0 Å². The van der Waals surface area contributed by atoms with E-state index in [0.717, 1.165) is 62.8 Å². The Bertz CT molecular complexity index is 1230. The number of ether oxygens (including phenoxy) is 2. The van der Waals surface area contributed by atoms with Gasteiger partial charge in [-0.25, -0.2) is 0 Å². The summed E-state index contributed by atoms with van der Waals surface area (Å²) in [6.07, 6.45) is 7.00. The zero-order valence-electron chi connectivity index (χ0n) is 26.3. The number of carbonyl (C=O) groups is 1. The molecule has 1 aromatic heterocycles. The Hall–Kier alpha value is -2.44. The predicted molar refractivity (Wildman–Crippen MR) is 166 cm³/mol. The van der Waals surface area contributed by atoms with E-state index in [1.165, 1.54) is 5.56 Å². The minimum absolute atomic E-state index is 0.0450. The number of nitriles is 1. The maximum absolute atomic E-state index is 13.3. The van der Waals surface area contributed by atoms with Crippen molar-refractivity contribution >= 4 is 16.8 Å². The highest BCUT2D eigenvalue weighted by Gasteiger charge is 2.55. The summed E-state index contributed by atoms with van der Waals surface area (Å²) >= 11 is 0. The van der Waals surface area contributed by atoms with Gasteiger partial charge in [-0.15, -0.1) is 0 Å². The second-order valence-electron chi connectivity index (χ2n) is 13.5. The van der Waals surface area contributed by atoms with Crippen LogP contribution < -0.4 is 11.1 Å². The van der Waals surface area contributed by atoms with Crippen LogP contribution in [-0.2, 0) is 27.2 Å². The van der Waals surface area contributed by atoms with Crippen molar-refractivity contribution in [1.29, 1.82) is 5.26 Å². The average Bonchev–Trinajstić information content (AvgIpc) is 3.47. The first-order valence-corrected chi connectivity index (χ1v) is 15.9. The van der Waals surface area contributed by atoms with Crippen molar-refractivity contribution in [3.05, 3.63) is 35.5 Å². The molecule has 0 bridgehead atoms. The number of aliphatic hydroxyl groups excluding tert-OH is 1. The first-order valence-electron chi connectivity index (χ1n) is 15.9. The molecule has 8 nitrogen and oxygen atoms in total. The highest BCUT2D eigenvalue weighted by atomic mass is 16.5. The molecular formula is C34H52N4O4. The number of nitrogens with two attached hydrogens (primary N) is 1. The van der Waals surface area contributed by atoms with Gasteiger partial charge in [0.2, 0.25) is 5.91 Å². The van der Waals surface area contributed by atoms with Crippen LogP contribution in [-0.4, -0.2) is 60.7 Å². The summed E-state index contributed by atoms with van der Waals surface area (Å²) in [6.45, 7) is 11.5. The highest BCUT2D eigenvalue weighted by Crippen LogP contribution is 2.53. The van der Waals surface area contributed by atoms with Gasteiger partial charge >= 0.3 is 0 Å². The third-order valence-electron chi connectivity index (χ3n) is 9.96. The second-order valence-corrected chi connectivity index (χ2v) is 13.5. The number of amides is 1. The summed E-state index contributed by atoms with van der Waals surface area (Å²) in [4.78, 5) is 13.3. The lowest BCUT2D eigenvalue weighted by Crippen LogP contribution is -2.44. The molecule has 1 saturated heterocycles. The summed E-state index contributed by atoms with van der Waals surface area (Å²) < 4.78 is 12.9. The molecule has 2 heterocycles. The number of nitrogens with zero attached hydrogens (tertiary/aromatic N) is 2. The zero-order chi connectivity index (χ0) is 30.4. The van der Waals surface area contributed by atoms with Crippen molar-refractivity contribution in [2.75, 3.05) is 26.9 Å². The number of aryl methyl sites for hydroxylation is 1. The Balaban J connectivity index is 1.38. The van der Waals surface area contributed by atoms with Crippen LogP contribution >= 0.6 is 0 Å². The van der Waals surface area contributed by atoms with Gasteiger partial charge in [-0.2, -0.15) is 5.26 Å². The van der Waals surface area contributed by atoms with E-state index in [4.69, 9.17) is 15.2 Å². The first kappa shape index (κ1) is 32.5. The normalized spacial score (nSPS) is 20.9. The van der Waals surface area contributed by atoms with Crippen LogP contribution in [0.15, 0.2) is 24.4 Å². The Morgan fingerprint density at radius 1 is 1.24 bits per heavy atom. The summed E-state index contributed by atoms with van der Waals surface area (Å²) in [6, 6.07) is 8.51. The van der Waals surface area contributed by atoms with Gasteiger partial charge in [-0.05, 0) is 79.7 Å². The van der Waals surface area contributed by atoms with E-state index < -0.39 is 12.1 Å². The van der Waals surface area contributed by atoms with Crippen LogP contribution in [0.4, 0.5) is 0 Å². The summed E-state index contributed by atoms with van der Waals surface area (Å²) in [5.41, 5.74) is 9.81. The van der Waals surface area contributed by atoms with Gasteiger partial charge in [0, 0.05) is 68.6 Å². The van der Waals surface area contributed by atoms with Crippen LogP contribution in [0, 0.1) is 40.4 Å². The third-order valence-corrected chi connectivity index (χ3v) is 9.96. The van der Waals surface area contributed by atoms with E-state index in [9.17, 15) is 15.2 Å². The van der Waals surface area contributed by atoms with Crippen LogP contribution in [0.3, 0.4) is 0 Å². The van der Waals surface area contributed by atoms with Gasteiger partial charge in [0.1, 0.15) is 6.07 Å². The van der Waals surface area contributed by atoms with E-state index >= 15 is 0 Å². The maximum Gasteiger partial charge on any atom is 0.223 e. The largest absolute Gasteiger partial charge is 0.391 e. The molecular weight excluding hydrogens is 528 g/mol. The van der Waals surface area contributed by atoms with Crippen LogP contribution in [0.25, 0.3) is 10.9 Å². The number of nitrogens with one attached hydrogen (secondary N) is 1. The second kappa shape index (κ2) is 14.4. The zero-order valence-corrected chi connectivity index (χ0v) is 26.3. The van der Waals surface area contributed by atoms with Crippen LogP contribution in [0.2, 0.25) is 0 Å². The lowest BCUT2D eigenvalue weighted by Gasteiger charge is -2.30. The van der Waals surface area contributed by atoms with Crippen molar-refractivity contribution in [3.8, 4) is 6.07 Å². The Kier molecular flexibility index (Phi) is 11.1. The monoisotopic (exact) mass is 580 g/mol. The molecule has 0 unspecified atom stereocenters. The minimum atomic E-state index is -0.751. The number of aromatic nitrogens is 1. The Morgan fingerprint density at radius 3 is 2.62 bits per heavy atom. The number of carbonyl (C=O) groups excluding carboxylic acids is 1. The molecule has 4 rings (SSSR count). The maximum atomic E-state index is 13.3. The highest BCUT2D eigenvalue weighted by molar-refractivity contribution is 5.87. The molecule has 5 atom stereocenters. The summed E-state index contributed by atoms with van der Waals surface area (Å²) in [5.74, 6) is 0.525. The molecule has 1 amide bonds. The van der Waals surface area contributed by atoms with Crippen molar-refractivity contribution in [1.82, 2.24) is 9.88 Å². The van der Waals surface area contributed by atoms with Crippen LogP contribution in [0.5, 0.6) is 0 Å². The Labute approximate surface area is 251 Å². The van der Waals surface area contributed by atoms with Gasteiger partial charge in [-0.1, -0.05) is 39.8 Å². The fraction of sp³-hybridized carbons (Fsp3) is 0.706. The number of fused-ring (bicyclic) bond motifs is 1. The lowest BCUT2D eigenvalue weighted by atomic mass is 9.80. The lowest BCUT2D eigenvalue weighted by molar-refractivity contribution is -0.128. The van der Waals surface area contributed by atoms with Crippen molar-refractivity contribution in [2.45, 2.75) is 97.4 Å². The van der Waals surface area contributed by atoms with Crippen molar-refractivity contribution in [2.24, 2.45) is 34.8 Å². The van der Waals surface area contributed by atoms with E-state index in [1.807, 2.05) is 6.20 Å². The third kappa shape index (κ3) is 7.74. The van der Waals surface area contributed by atoms with Gasteiger partial charge in [-0.3, -0.25) is 4.79 Å². The minimum Gasteiger partial charge on any atom is -0.391 e. The number of aliphatic hydroxyl groups is 1. The van der Waals surface area contributed by atoms with Gasteiger partial charge in [0.05, 0.1) is 11.7 Å². The molecule has 2 aliphatic rings. The molecule has 2 aromatic rings. The van der Waals surface area contributed by atoms with Crippen LogP contribution in [0.1, 0.15) is 77.3 Å². The number of hydrogen-bond donors (Lipinski definition) is 3. The summed E-state index contributed by atoms with van der Waals surface area (Å²) in [5, 5.41) is 25.1. The fourth-order valence-electron chi connectivity index (χ4n) is 6.80. The van der Waals surface area contributed by atoms with E-state index in [0.29, 0.717) is 30.9 Å². The number of hydrogen-bond acceptors (Lipinski definition) is 6. The predicted octanol–water partition coefficient (Wildman–Crippen LogP) is 4.79. The number of rotatable bonds is 15. The topological polar surface area (TPSA) is 123 Å².